The number of carbonyl (C=O) groups is 1. The summed E-state index contributed by atoms with van der Waals surface area (Å²) in [7, 11) is 1.95. The molecule has 1 heterocycles. The fraction of sp³-hybridized carbons (Fsp3) is 0.938. The smallest absolute Gasteiger partial charge is 0.220 e. The molecule has 0 aromatic carbocycles. The molecule has 1 aliphatic rings. The Morgan fingerprint density at radius 1 is 1.14 bits per heavy atom. The normalized spacial score (nSPS) is 22.2. The van der Waals surface area contributed by atoms with Crippen LogP contribution in [-0.2, 0) is 4.79 Å². The summed E-state index contributed by atoms with van der Waals surface area (Å²) in [6.07, 6.45) is 5.30. The molecule has 0 bridgehead atoms. The van der Waals surface area contributed by atoms with Crippen LogP contribution in [0, 0.1) is 0 Å². The van der Waals surface area contributed by atoms with Crippen LogP contribution >= 0.6 is 0 Å². The van der Waals surface area contributed by atoms with Crippen molar-refractivity contribution in [2.24, 2.45) is 0 Å². The third-order valence-corrected chi connectivity index (χ3v) is 4.33. The summed E-state index contributed by atoms with van der Waals surface area (Å²) in [5.41, 5.74) is -0.626. The molecule has 1 amide bonds. The van der Waals surface area contributed by atoms with Crippen LogP contribution in [0.2, 0.25) is 0 Å². The lowest BCUT2D eigenvalue weighted by Gasteiger charge is -2.51. The van der Waals surface area contributed by atoms with Gasteiger partial charge in [-0.1, -0.05) is 6.42 Å². The Bertz CT molecular complexity index is 324. The molecule has 0 atom stereocenters. The molecule has 0 radical (unpaired) electrons. The van der Waals surface area contributed by atoms with Crippen LogP contribution in [0.15, 0.2) is 0 Å². The maximum absolute atomic E-state index is 12.0. The number of amides is 1. The van der Waals surface area contributed by atoms with E-state index in [0.717, 1.165) is 38.6 Å². The third-order valence-electron chi connectivity index (χ3n) is 4.33. The fourth-order valence-electron chi connectivity index (χ4n) is 3.44. The standard InChI is InChI=1S/C16H33N3O2/c1-15(2)11-13(12-16(3,4)19(15)21)18-14(20)9-7-6-8-10-17-5/h13,17,21H,6-12H2,1-5H3,(H,18,20). The van der Waals surface area contributed by atoms with Gasteiger partial charge in [-0.15, -0.1) is 0 Å². The molecular weight excluding hydrogens is 266 g/mol. The van der Waals surface area contributed by atoms with Crippen molar-refractivity contribution in [3.63, 3.8) is 0 Å². The van der Waals surface area contributed by atoms with Gasteiger partial charge in [0, 0.05) is 23.5 Å². The second-order valence-electron chi connectivity index (χ2n) is 7.52. The van der Waals surface area contributed by atoms with E-state index in [0.29, 0.717) is 6.42 Å². The van der Waals surface area contributed by atoms with Gasteiger partial charge in [0.15, 0.2) is 0 Å². The molecule has 21 heavy (non-hydrogen) atoms. The molecule has 0 unspecified atom stereocenters. The first-order chi connectivity index (χ1) is 9.69. The van der Waals surface area contributed by atoms with Crippen LogP contribution in [-0.4, -0.2) is 46.9 Å². The topological polar surface area (TPSA) is 64.6 Å². The van der Waals surface area contributed by atoms with Crippen molar-refractivity contribution >= 4 is 5.91 Å². The first-order valence-electron chi connectivity index (χ1n) is 8.12. The Hall–Kier alpha value is -0.650. The zero-order valence-electron chi connectivity index (χ0n) is 14.3. The average Bonchev–Trinajstić information content (AvgIpc) is 2.35. The van der Waals surface area contributed by atoms with E-state index in [1.165, 1.54) is 5.06 Å². The summed E-state index contributed by atoms with van der Waals surface area (Å²) in [5.74, 6) is 0.141. The van der Waals surface area contributed by atoms with Gasteiger partial charge in [-0.2, -0.15) is 5.06 Å². The van der Waals surface area contributed by atoms with E-state index < -0.39 is 0 Å². The molecule has 0 aromatic rings. The van der Waals surface area contributed by atoms with E-state index in [9.17, 15) is 10.0 Å². The molecule has 5 nitrogen and oxygen atoms in total. The zero-order valence-corrected chi connectivity index (χ0v) is 14.3. The summed E-state index contributed by atoms with van der Waals surface area (Å²) in [5, 5.41) is 18.0. The first kappa shape index (κ1) is 18.4. The van der Waals surface area contributed by atoms with E-state index in [2.05, 4.69) is 10.6 Å². The van der Waals surface area contributed by atoms with Crippen molar-refractivity contribution in [1.82, 2.24) is 15.7 Å². The molecule has 0 saturated carbocycles. The molecule has 5 heteroatoms. The molecule has 3 N–H and O–H groups in total. The van der Waals surface area contributed by atoms with E-state index in [4.69, 9.17) is 0 Å². The van der Waals surface area contributed by atoms with Crippen molar-refractivity contribution in [3.05, 3.63) is 0 Å². The highest BCUT2D eigenvalue weighted by Gasteiger charge is 2.45. The lowest BCUT2D eigenvalue weighted by atomic mass is 9.79. The van der Waals surface area contributed by atoms with Gasteiger partial charge < -0.3 is 15.8 Å². The number of unbranched alkanes of at least 4 members (excludes halogenated alkanes) is 2. The molecule has 1 saturated heterocycles. The summed E-state index contributed by atoms with van der Waals surface area (Å²) in [6.45, 7) is 9.09. The number of nitrogens with one attached hydrogen (secondary N) is 2. The van der Waals surface area contributed by atoms with Gasteiger partial charge in [-0.3, -0.25) is 4.79 Å². The maximum Gasteiger partial charge on any atom is 0.220 e. The minimum Gasteiger partial charge on any atom is -0.353 e. The van der Waals surface area contributed by atoms with Gasteiger partial charge in [-0.25, -0.2) is 0 Å². The quantitative estimate of drug-likeness (QED) is 0.631. The largest absolute Gasteiger partial charge is 0.353 e. The number of nitrogens with zero attached hydrogens (tertiary/aromatic N) is 1. The first-order valence-corrected chi connectivity index (χ1v) is 8.12. The highest BCUT2D eigenvalue weighted by atomic mass is 16.5. The van der Waals surface area contributed by atoms with Gasteiger partial charge >= 0.3 is 0 Å². The van der Waals surface area contributed by atoms with Gasteiger partial charge in [-0.05, 0) is 67.0 Å². The third kappa shape index (κ3) is 5.57. The van der Waals surface area contributed by atoms with Crippen LogP contribution in [0.5, 0.6) is 0 Å². The molecule has 124 valence electrons. The number of hydrogen-bond donors (Lipinski definition) is 3. The number of carbonyl (C=O) groups excluding carboxylic acids is 1. The predicted molar refractivity (Wildman–Crippen MR) is 85.3 cm³/mol. The number of hydroxylamine groups is 2. The van der Waals surface area contributed by atoms with E-state index in [1.807, 2.05) is 34.7 Å². The van der Waals surface area contributed by atoms with Crippen LogP contribution in [0.4, 0.5) is 0 Å². The van der Waals surface area contributed by atoms with Crippen molar-refractivity contribution in [1.29, 1.82) is 0 Å². The highest BCUT2D eigenvalue weighted by molar-refractivity contribution is 5.76. The fourth-order valence-corrected chi connectivity index (χ4v) is 3.44. The summed E-state index contributed by atoms with van der Waals surface area (Å²) in [4.78, 5) is 12.0. The Balaban J connectivity index is 2.39. The number of piperidine rings is 1. The molecule has 0 spiro atoms. The lowest BCUT2D eigenvalue weighted by molar-refractivity contribution is -0.246. The van der Waals surface area contributed by atoms with Gasteiger partial charge in [0.1, 0.15) is 0 Å². The number of rotatable bonds is 7. The highest BCUT2D eigenvalue weighted by Crippen LogP contribution is 2.36. The van der Waals surface area contributed by atoms with Crippen molar-refractivity contribution in [2.75, 3.05) is 13.6 Å². The predicted octanol–water partition coefficient (Wildman–Crippen LogP) is 2.29. The maximum atomic E-state index is 12.0. The monoisotopic (exact) mass is 299 g/mol. The van der Waals surface area contributed by atoms with Gasteiger partial charge in [0.2, 0.25) is 5.91 Å². The van der Waals surface area contributed by atoms with Crippen molar-refractivity contribution in [3.8, 4) is 0 Å². The van der Waals surface area contributed by atoms with Crippen molar-refractivity contribution in [2.45, 2.75) is 83.3 Å². The number of hydrogen-bond acceptors (Lipinski definition) is 4. The molecule has 1 rings (SSSR count). The second kappa shape index (κ2) is 7.56. The Morgan fingerprint density at radius 3 is 2.24 bits per heavy atom. The lowest BCUT2D eigenvalue weighted by Crippen LogP contribution is -2.62. The Kier molecular flexibility index (Phi) is 6.63. The van der Waals surface area contributed by atoms with Crippen molar-refractivity contribution < 1.29 is 10.0 Å². The summed E-state index contributed by atoms with van der Waals surface area (Å²) in [6, 6.07) is 0.142. The zero-order chi connectivity index (χ0) is 16.1. The SMILES string of the molecule is CNCCCCCC(=O)NC1CC(C)(C)N(O)C(C)(C)C1. The molecular formula is C16H33N3O2. The van der Waals surface area contributed by atoms with Gasteiger partial charge in [0.25, 0.3) is 0 Å². The van der Waals surface area contributed by atoms with Crippen LogP contribution < -0.4 is 10.6 Å². The Labute approximate surface area is 129 Å². The van der Waals surface area contributed by atoms with Crippen LogP contribution in [0.1, 0.15) is 66.2 Å². The van der Waals surface area contributed by atoms with Crippen LogP contribution in [0.3, 0.4) is 0 Å². The molecule has 0 aromatic heterocycles. The molecule has 1 fully saturated rings. The summed E-state index contributed by atoms with van der Waals surface area (Å²) < 4.78 is 0. The minimum absolute atomic E-state index is 0.141. The van der Waals surface area contributed by atoms with E-state index >= 15 is 0 Å². The van der Waals surface area contributed by atoms with E-state index in [1.54, 1.807) is 0 Å². The second-order valence-corrected chi connectivity index (χ2v) is 7.52. The average molecular weight is 299 g/mol. The van der Waals surface area contributed by atoms with Gasteiger partial charge in [0.05, 0.1) is 0 Å². The summed E-state index contributed by atoms with van der Waals surface area (Å²) >= 11 is 0. The minimum atomic E-state index is -0.313. The van der Waals surface area contributed by atoms with E-state index in [-0.39, 0.29) is 23.0 Å². The molecule has 1 aliphatic heterocycles. The molecule has 0 aliphatic carbocycles. The Morgan fingerprint density at radius 2 is 1.71 bits per heavy atom. The van der Waals surface area contributed by atoms with Crippen LogP contribution in [0.25, 0.3) is 0 Å².